The van der Waals surface area contributed by atoms with Crippen molar-refractivity contribution >= 4 is 0 Å². The van der Waals surface area contributed by atoms with E-state index in [4.69, 9.17) is 0 Å². The smallest absolute Gasteiger partial charge is 0.0264 e. The molecular weight excluding hydrogens is 432 g/mol. The summed E-state index contributed by atoms with van der Waals surface area (Å²) in [6.45, 7) is 30.9. The third kappa shape index (κ3) is 7.88. The van der Waals surface area contributed by atoms with Crippen molar-refractivity contribution in [1.29, 1.82) is 0 Å². The summed E-state index contributed by atoms with van der Waals surface area (Å²) in [7, 11) is 0. The van der Waals surface area contributed by atoms with Crippen LogP contribution in [0.1, 0.15) is 160 Å². The quantitative estimate of drug-likeness (QED) is 0.328. The van der Waals surface area contributed by atoms with Crippen LogP contribution in [0.4, 0.5) is 0 Å². The molecule has 4 aliphatic carbocycles. The number of hydrogen-bond donors (Lipinski definition) is 0. The molecule has 0 N–H and O–H groups in total. The number of rotatable bonds is 5. The van der Waals surface area contributed by atoms with E-state index in [1.165, 1.54) is 37.7 Å². The lowest BCUT2D eigenvalue weighted by molar-refractivity contribution is -0.120. The third-order valence-electron chi connectivity index (χ3n) is 11.1. The molecule has 4 fully saturated rings. The minimum atomic E-state index is 0.670. The van der Waals surface area contributed by atoms with Gasteiger partial charge in [-0.05, 0) is 123 Å². The molecule has 0 heteroatoms. The Kier molecular flexibility index (Phi) is 14.4. The Labute approximate surface area is 230 Å². The number of allylic oxidation sites excluding steroid dienone is 1. The van der Waals surface area contributed by atoms with E-state index in [-0.39, 0.29) is 0 Å². The Hall–Kier alpha value is -0.260. The summed E-state index contributed by atoms with van der Waals surface area (Å²) in [6.07, 6.45) is 18.3. The summed E-state index contributed by atoms with van der Waals surface area (Å²) in [5.74, 6) is 8.08. The highest BCUT2D eigenvalue weighted by Gasteiger charge is 2.60. The average Bonchev–Trinajstić information content (AvgIpc) is 3.19. The van der Waals surface area contributed by atoms with E-state index in [0.717, 1.165) is 47.3 Å². The number of fused-ring (bicyclic) bond motifs is 5. The molecule has 0 aliphatic heterocycles. The Morgan fingerprint density at radius 2 is 1.33 bits per heavy atom. The average molecular weight is 503 g/mol. The molecule has 0 saturated heterocycles. The van der Waals surface area contributed by atoms with E-state index in [9.17, 15) is 0 Å². The van der Waals surface area contributed by atoms with Crippen LogP contribution in [0.25, 0.3) is 0 Å². The first-order valence-corrected chi connectivity index (χ1v) is 16.6. The first kappa shape index (κ1) is 33.8. The SMILES string of the molecule is C=C(C)C.CC.CC.CC(C)CCCC(C)C1CCC2C3CCC4CC(C)CCC4(C)C3CCC12C. The van der Waals surface area contributed by atoms with E-state index in [1.54, 1.807) is 44.9 Å². The molecular formula is C36H70. The van der Waals surface area contributed by atoms with Crippen LogP contribution in [0.3, 0.4) is 0 Å². The van der Waals surface area contributed by atoms with E-state index in [0.29, 0.717) is 10.8 Å². The molecule has 9 unspecified atom stereocenters. The highest BCUT2D eigenvalue weighted by molar-refractivity contribution is 5.09. The minimum Gasteiger partial charge on any atom is -0.100 e. The maximum Gasteiger partial charge on any atom is -0.0264 e. The predicted molar refractivity (Wildman–Crippen MR) is 165 cm³/mol. The minimum absolute atomic E-state index is 0.670. The molecule has 36 heavy (non-hydrogen) atoms. The van der Waals surface area contributed by atoms with Crippen molar-refractivity contribution in [2.24, 2.45) is 58.2 Å². The molecule has 4 aliphatic rings. The monoisotopic (exact) mass is 503 g/mol. The molecule has 4 saturated carbocycles. The van der Waals surface area contributed by atoms with Gasteiger partial charge in [-0.2, -0.15) is 0 Å². The van der Waals surface area contributed by atoms with Crippen LogP contribution < -0.4 is 0 Å². The lowest BCUT2D eigenvalue weighted by Crippen LogP contribution is -2.53. The Bertz CT molecular complexity index is 612. The highest BCUT2D eigenvalue weighted by atomic mass is 14.6. The summed E-state index contributed by atoms with van der Waals surface area (Å²) in [5, 5.41) is 0. The van der Waals surface area contributed by atoms with Gasteiger partial charge < -0.3 is 0 Å². The molecule has 0 aromatic carbocycles. The van der Waals surface area contributed by atoms with E-state index in [1.807, 2.05) is 41.5 Å². The van der Waals surface area contributed by atoms with Crippen molar-refractivity contribution in [1.82, 2.24) is 0 Å². The van der Waals surface area contributed by atoms with Crippen LogP contribution in [0.2, 0.25) is 0 Å². The molecule has 0 aromatic rings. The fourth-order valence-electron chi connectivity index (χ4n) is 9.50. The molecule has 0 spiro atoms. The maximum atomic E-state index is 3.56. The van der Waals surface area contributed by atoms with Crippen LogP contribution in [0.15, 0.2) is 12.2 Å². The van der Waals surface area contributed by atoms with Crippen molar-refractivity contribution in [2.45, 2.75) is 160 Å². The van der Waals surface area contributed by atoms with Gasteiger partial charge in [-0.25, -0.2) is 0 Å². The summed E-state index contributed by atoms with van der Waals surface area (Å²) in [4.78, 5) is 0. The van der Waals surface area contributed by atoms with E-state index >= 15 is 0 Å². The first-order chi connectivity index (χ1) is 17.0. The van der Waals surface area contributed by atoms with Gasteiger partial charge in [0.2, 0.25) is 0 Å². The van der Waals surface area contributed by atoms with Crippen molar-refractivity contribution in [3.8, 4) is 0 Å². The lowest BCUT2D eigenvalue weighted by atomic mass is 9.44. The van der Waals surface area contributed by atoms with Gasteiger partial charge in [0.25, 0.3) is 0 Å². The van der Waals surface area contributed by atoms with Gasteiger partial charge in [0.15, 0.2) is 0 Å². The molecule has 0 aromatic heterocycles. The van der Waals surface area contributed by atoms with Gasteiger partial charge in [0.1, 0.15) is 0 Å². The zero-order chi connectivity index (χ0) is 27.7. The summed E-state index contributed by atoms with van der Waals surface area (Å²) in [6, 6.07) is 0. The van der Waals surface area contributed by atoms with Crippen molar-refractivity contribution in [3.63, 3.8) is 0 Å². The van der Waals surface area contributed by atoms with Crippen LogP contribution in [0, 0.1) is 58.2 Å². The van der Waals surface area contributed by atoms with Crippen LogP contribution in [-0.4, -0.2) is 0 Å². The molecule has 4 rings (SSSR count). The van der Waals surface area contributed by atoms with Gasteiger partial charge in [0, 0.05) is 0 Å². The van der Waals surface area contributed by atoms with E-state index < -0.39 is 0 Å². The number of hydrogen-bond acceptors (Lipinski definition) is 0. The maximum absolute atomic E-state index is 3.56. The zero-order valence-corrected chi connectivity index (χ0v) is 27.3. The topological polar surface area (TPSA) is 0 Å². The summed E-state index contributed by atoms with van der Waals surface area (Å²) in [5.41, 5.74) is 2.53. The van der Waals surface area contributed by atoms with Gasteiger partial charge in [-0.15, -0.1) is 6.58 Å². The normalized spacial score (nSPS) is 39.5. The molecule has 0 radical (unpaired) electrons. The molecule has 9 atom stereocenters. The van der Waals surface area contributed by atoms with Crippen molar-refractivity contribution in [2.75, 3.05) is 0 Å². The van der Waals surface area contributed by atoms with Gasteiger partial charge in [-0.3, -0.25) is 0 Å². The molecule has 0 heterocycles. The Morgan fingerprint density at radius 3 is 1.92 bits per heavy atom. The lowest BCUT2D eigenvalue weighted by Gasteiger charge is -2.61. The van der Waals surface area contributed by atoms with Crippen molar-refractivity contribution < 1.29 is 0 Å². The third-order valence-corrected chi connectivity index (χ3v) is 11.1. The van der Waals surface area contributed by atoms with Gasteiger partial charge >= 0.3 is 0 Å². The summed E-state index contributed by atoms with van der Waals surface area (Å²) >= 11 is 0. The zero-order valence-electron chi connectivity index (χ0n) is 27.3. The van der Waals surface area contributed by atoms with Crippen LogP contribution in [-0.2, 0) is 0 Å². The molecule has 0 bridgehead atoms. The first-order valence-electron chi connectivity index (χ1n) is 16.6. The molecule has 214 valence electrons. The predicted octanol–water partition coefficient (Wildman–Crippen LogP) is 12.4. The van der Waals surface area contributed by atoms with Gasteiger partial charge in [0.05, 0.1) is 0 Å². The second kappa shape index (κ2) is 15.4. The van der Waals surface area contributed by atoms with Gasteiger partial charge in [-0.1, -0.05) is 100 Å². The largest absolute Gasteiger partial charge is 0.100 e. The van der Waals surface area contributed by atoms with Crippen molar-refractivity contribution in [3.05, 3.63) is 12.2 Å². The second-order valence-corrected chi connectivity index (χ2v) is 14.3. The standard InChI is InChI=1S/C28H50.C4H8.2C2H6/c1-19(2)8-7-9-21(4)24-12-13-25-23-11-10-22-18-20(3)14-16-27(22,5)26(23)15-17-28(24,25)6;1-4(2)3;2*1-2/h19-26H,7-18H2,1-6H3;1H2,2-3H3;2*1-2H3. The van der Waals surface area contributed by atoms with Crippen LogP contribution in [0.5, 0.6) is 0 Å². The molecule has 0 nitrogen and oxygen atoms in total. The highest BCUT2D eigenvalue weighted by Crippen LogP contribution is 2.68. The Balaban J connectivity index is 0.000000725. The fraction of sp³-hybridized carbons (Fsp3) is 0.944. The summed E-state index contributed by atoms with van der Waals surface area (Å²) < 4.78 is 0. The van der Waals surface area contributed by atoms with Crippen LogP contribution >= 0.6 is 0 Å². The fourth-order valence-corrected chi connectivity index (χ4v) is 9.50. The second-order valence-electron chi connectivity index (χ2n) is 14.3. The molecule has 0 amide bonds. The van der Waals surface area contributed by atoms with E-state index in [2.05, 4.69) is 48.1 Å². The Morgan fingerprint density at radius 1 is 0.778 bits per heavy atom.